The van der Waals surface area contributed by atoms with Crippen LogP contribution >= 0.6 is 0 Å². The van der Waals surface area contributed by atoms with Gasteiger partial charge in [0.2, 0.25) is 0 Å². The number of aryl methyl sites for hydroxylation is 1. The van der Waals surface area contributed by atoms with Gasteiger partial charge in [-0.15, -0.1) is 0 Å². The summed E-state index contributed by atoms with van der Waals surface area (Å²) in [5.74, 6) is -0.0733. The Labute approximate surface area is 197 Å². The number of nitrogens with zero attached hydrogens (tertiary/aromatic N) is 2. The van der Waals surface area contributed by atoms with Crippen molar-refractivity contribution in [3.63, 3.8) is 0 Å². The average Bonchev–Trinajstić information content (AvgIpc) is 2.85. The Hall–Kier alpha value is -3.75. The number of nitro groups is 1. The number of carbonyl (C=O) groups is 1. The van der Waals surface area contributed by atoms with E-state index < -0.39 is 4.92 Å². The quantitative estimate of drug-likeness (QED) is 0.197. The van der Waals surface area contributed by atoms with Gasteiger partial charge in [0.15, 0.2) is 12.5 Å². The van der Waals surface area contributed by atoms with E-state index in [2.05, 4.69) is 6.07 Å². The molecule has 8 heteroatoms. The van der Waals surface area contributed by atoms with Gasteiger partial charge in [-0.1, -0.05) is 42.5 Å². The number of benzene rings is 3. The second-order valence-corrected chi connectivity index (χ2v) is 7.97. The SMILES string of the molecule is COCCOCOc1cc(C)c(N2CCc3cc(-c4ccccc4)ccc3C2=O)cc1[N+](=O)[O-]. The number of methoxy groups -OCH3 is 1. The summed E-state index contributed by atoms with van der Waals surface area (Å²) in [6.45, 7) is 2.81. The molecule has 3 aromatic carbocycles. The summed E-state index contributed by atoms with van der Waals surface area (Å²) in [4.78, 5) is 26.2. The second kappa shape index (κ2) is 10.5. The van der Waals surface area contributed by atoms with Crippen LogP contribution in [0.2, 0.25) is 0 Å². The number of carbonyl (C=O) groups excluding carboxylic acids is 1. The first-order valence-corrected chi connectivity index (χ1v) is 11.0. The monoisotopic (exact) mass is 462 g/mol. The van der Waals surface area contributed by atoms with E-state index >= 15 is 0 Å². The molecule has 3 aromatic rings. The maximum Gasteiger partial charge on any atom is 0.313 e. The number of hydrogen-bond acceptors (Lipinski definition) is 6. The van der Waals surface area contributed by atoms with E-state index in [9.17, 15) is 14.9 Å². The third kappa shape index (κ3) is 4.93. The molecular weight excluding hydrogens is 436 g/mol. The second-order valence-electron chi connectivity index (χ2n) is 7.97. The minimum Gasteiger partial charge on any atom is -0.460 e. The molecule has 0 aromatic heterocycles. The minimum absolute atomic E-state index is 0.0982. The van der Waals surface area contributed by atoms with E-state index in [0.29, 0.717) is 43.0 Å². The molecule has 34 heavy (non-hydrogen) atoms. The number of anilines is 1. The Bertz CT molecular complexity index is 1200. The molecule has 0 aliphatic carbocycles. The van der Waals surface area contributed by atoms with Crippen LogP contribution < -0.4 is 9.64 Å². The van der Waals surface area contributed by atoms with Crippen molar-refractivity contribution in [2.45, 2.75) is 13.3 Å². The molecule has 0 unspecified atom stereocenters. The summed E-state index contributed by atoms with van der Waals surface area (Å²) in [6, 6.07) is 18.8. The summed E-state index contributed by atoms with van der Waals surface area (Å²) < 4.78 is 15.6. The van der Waals surface area contributed by atoms with Crippen molar-refractivity contribution in [3.8, 4) is 16.9 Å². The molecule has 0 radical (unpaired) electrons. The van der Waals surface area contributed by atoms with Gasteiger partial charge >= 0.3 is 5.69 Å². The molecule has 4 rings (SSSR count). The standard InChI is InChI=1S/C26H26N2O6/c1-18-14-25(34-17-33-13-12-32-2)24(28(30)31)16-23(18)27-11-10-21-15-20(8-9-22(21)26(27)29)19-6-4-3-5-7-19/h3-9,14-16H,10-13,17H2,1-2H3. The van der Waals surface area contributed by atoms with Gasteiger partial charge < -0.3 is 19.1 Å². The minimum atomic E-state index is -0.512. The van der Waals surface area contributed by atoms with Crippen LogP contribution in [-0.2, 0) is 15.9 Å². The predicted molar refractivity (Wildman–Crippen MR) is 128 cm³/mol. The molecule has 0 spiro atoms. The highest BCUT2D eigenvalue weighted by molar-refractivity contribution is 6.09. The van der Waals surface area contributed by atoms with E-state index in [4.69, 9.17) is 14.2 Å². The molecule has 0 fully saturated rings. The number of nitro benzene ring substituents is 1. The molecule has 1 aliphatic rings. The fourth-order valence-corrected chi connectivity index (χ4v) is 4.04. The van der Waals surface area contributed by atoms with Crippen LogP contribution in [0.3, 0.4) is 0 Å². The summed E-state index contributed by atoms with van der Waals surface area (Å²) in [5, 5.41) is 11.7. The third-order valence-corrected chi connectivity index (χ3v) is 5.79. The van der Waals surface area contributed by atoms with Crippen LogP contribution in [0.15, 0.2) is 60.7 Å². The molecule has 8 nitrogen and oxygen atoms in total. The number of amides is 1. The Morgan fingerprint density at radius 3 is 2.56 bits per heavy atom. The molecule has 1 heterocycles. The Morgan fingerprint density at radius 2 is 1.82 bits per heavy atom. The summed E-state index contributed by atoms with van der Waals surface area (Å²) in [5.41, 5.74) is 4.73. The normalized spacial score (nSPS) is 13.0. The van der Waals surface area contributed by atoms with Crippen LogP contribution in [0, 0.1) is 17.0 Å². The zero-order chi connectivity index (χ0) is 24.1. The van der Waals surface area contributed by atoms with E-state index in [1.54, 1.807) is 25.0 Å². The lowest BCUT2D eigenvalue weighted by Crippen LogP contribution is -2.38. The molecule has 0 bridgehead atoms. The van der Waals surface area contributed by atoms with Crippen molar-refractivity contribution in [2.75, 3.05) is 38.6 Å². The Balaban J connectivity index is 1.58. The highest BCUT2D eigenvalue weighted by Gasteiger charge is 2.29. The number of ether oxygens (including phenoxy) is 3. The Morgan fingerprint density at radius 1 is 1.03 bits per heavy atom. The van der Waals surface area contributed by atoms with Crippen molar-refractivity contribution < 1.29 is 23.9 Å². The fraction of sp³-hybridized carbons (Fsp3) is 0.269. The maximum absolute atomic E-state index is 13.3. The smallest absolute Gasteiger partial charge is 0.313 e. The number of fused-ring (bicyclic) bond motifs is 1. The van der Waals surface area contributed by atoms with Crippen molar-refractivity contribution >= 4 is 17.3 Å². The molecule has 1 amide bonds. The Kier molecular flexibility index (Phi) is 7.20. The summed E-state index contributed by atoms with van der Waals surface area (Å²) >= 11 is 0. The van der Waals surface area contributed by atoms with Gasteiger partial charge in [-0.25, -0.2) is 0 Å². The van der Waals surface area contributed by atoms with Gasteiger partial charge in [-0.3, -0.25) is 14.9 Å². The summed E-state index contributed by atoms with van der Waals surface area (Å²) in [6.07, 6.45) is 0.653. The highest BCUT2D eigenvalue weighted by Crippen LogP contribution is 2.37. The largest absolute Gasteiger partial charge is 0.460 e. The lowest BCUT2D eigenvalue weighted by molar-refractivity contribution is -0.386. The number of rotatable bonds is 9. The molecular formula is C26H26N2O6. The van der Waals surface area contributed by atoms with Crippen molar-refractivity contribution in [3.05, 3.63) is 87.5 Å². The van der Waals surface area contributed by atoms with Gasteiger partial charge in [0.05, 0.1) is 23.8 Å². The first-order chi connectivity index (χ1) is 16.5. The first kappa shape index (κ1) is 23.4. The zero-order valence-corrected chi connectivity index (χ0v) is 19.2. The predicted octanol–water partition coefficient (Wildman–Crippen LogP) is 4.77. The van der Waals surface area contributed by atoms with E-state index in [-0.39, 0.29) is 24.1 Å². The van der Waals surface area contributed by atoms with Gasteiger partial charge in [0.25, 0.3) is 5.91 Å². The van der Waals surface area contributed by atoms with Crippen LogP contribution in [0.25, 0.3) is 11.1 Å². The van der Waals surface area contributed by atoms with Gasteiger partial charge in [-0.2, -0.15) is 0 Å². The fourth-order valence-electron chi connectivity index (χ4n) is 4.04. The molecule has 0 N–H and O–H groups in total. The van der Waals surface area contributed by atoms with E-state index in [1.165, 1.54) is 6.07 Å². The van der Waals surface area contributed by atoms with Crippen molar-refractivity contribution in [2.24, 2.45) is 0 Å². The molecule has 0 saturated carbocycles. The molecule has 176 valence electrons. The molecule has 0 saturated heterocycles. The average molecular weight is 463 g/mol. The third-order valence-electron chi connectivity index (χ3n) is 5.79. The topological polar surface area (TPSA) is 91.1 Å². The van der Waals surface area contributed by atoms with E-state index in [1.807, 2.05) is 42.5 Å². The van der Waals surface area contributed by atoms with Crippen LogP contribution in [0.5, 0.6) is 5.75 Å². The number of hydrogen-bond donors (Lipinski definition) is 0. The van der Waals surface area contributed by atoms with Gasteiger partial charge in [0, 0.05) is 25.3 Å². The first-order valence-electron chi connectivity index (χ1n) is 11.0. The van der Waals surface area contributed by atoms with Gasteiger partial charge in [0.1, 0.15) is 0 Å². The zero-order valence-electron chi connectivity index (χ0n) is 19.2. The lowest BCUT2D eigenvalue weighted by atomic mass is 9.93. The van der Waals surface area contributed by atoms with E-state index in [0.717, 1.165) is 16.7 Å². The summed E-state index contributed by atoms with van der Waals surface area (Å²) in [7, 11) is 1.56. The van der Waals surface area contributed by atoms with Crippen LogP contribution in [-0.4, -0.2) is 44.5 Å². The molecule has 1 aliphatic heterocycles. The van der Waals surface area contributed by atoms with Crippen molar-refractivity contribution in [1.82, 2.24) is 0 Å². The lowest BCUT2D eigenvalue weighted by Gasteiger charge is -2.30. The van der Waals surface area contributed by atoms with Gasteiger partial charge in [-0.05, 0) is 47.7 Å². The maximum atomic E-state index is 13.3. The van der Waals surface area contributed by atoms with Crippen LogP contribution in [0.4, 0.5) is 11.4 Å². The molecule has 0 atom stereocenters. The van der Waals surface area contributed by atoms with Crippen molar-refractivity contribution in [1.29, 1.82) is 0 Å². The van der Waals surface area contributed by atoms with Crippen LogP contribution in [0.1, 0.15) is 21.5 Å². The highest BCUT2D eigenvalue weighted by atomic mass is 16.7.